The standard InChI is InChI=1S/C12H17N3O6Si/c13-7(3-6-1-2-8(16)9(17)4-6)11(19)15-22(12(20)21)5-10(14)18/h1-2,4,7,16-17,22H,3,5,13H2,(H2,14,18)(H,15,19)(H,20,21)/t7-,22-/m0/s1. The van der Waals surface area contributed by atoms with E-state index < -0.39 is 38.5 Å². The predicted octanol–water partition coefficient (Wildman–Crippen LogP) is -1.45. The van der Waals surface area contributed by atoms with Crippen molar-refractivity contribution in [2.45, 2.75) is 18.5 Å². The molecule has 0 radical (unpaired) electrons. The molecule has 1 rings (SSSR count). The first kappa shape index (κ1) is 17.5. The number of benzene rings is 1. The molecule has 0 saturated carbocycles. The molecule has 0 aliphatic heterocycles. The smallest absolute Gasteiger partial charge is 0.290 e. The van der Waals surface area contributed by atoms with Crippen LogP contribution in [0.1, 0.15) is 5.56 Å². The number of phenolic OH excluding ortho intramolecular Hbond substituents is 2. The van der Waals surface area contributed by atoms with E-state index in [-0.39, 0.29) is 17.9 Å². The molecular weight excluding hydrogens is 310 g/mol. The van der Waals surface area contributed by atoms with Gasteiger partial charge in [-0.1, -0.05) is 6.07 Å². The van der Waals surface area contributed by atoms with Gasteiger partial charge in [0, 0.05) is 6.04 Å². The largest absolute Gasteiger partial charge is 0.504 e. The van der Waals surface area contributed by atoms with Crippen LogP contribution in [0.2, 0.25) is 6.04 Å². The Bertz CT molecular complexity index is 594. The molecule has 0 spiro atoms. The summed E-state index contributed by atoms with van der Waals surface area (Å²) in [5.74, 6) is -2.18. The molecule has 9 nitrogen and oxygen atoms in total. The van der Waals surface area contributed by atoms with Gasteiger partial charge in [-0.25, -0.2) is 0 Å². The van der Waals surface area contributed by atoms with Crippen LogP contribution in [-0.4, -0.2) is 47.7 Å². The fourth-order valence-corrected chi connectivity index (χ4v) is 3.08. The quantitative estimate of drug-likeness (QED) is 0.262. The van der Waals surface area contributed by atoms with E-state index in [1.807, 2.05) is 0 Å². The summed E-state index contributed by atoms with van der Waals surface area (Å²) >= 11 is 0. The van der Waals surface area contributed by atoms with Crippen LogP contribution in [-0.2, 0) is 16.0 Å². The molecule has 1 aromatic carbocycles. The van der Waals surface area contributed by atoms with Crippen LogP contribution in [0.15, 0.2) is 18.2 Å². The second-order valence-corrected chi connectivity index (χ2v) is 7.00. The Morgan fingerprint density at radius 1 is 1.23 bits per heavy atom. The summed E-state index contributed by atoms with van der Waals surface area (Å²) in [5, 5.41) is 27.5. The molecule has 0 aromatic heterocycles. The molecule has 0 bridgehead atoms. The summed E-state index contributed by atoms with van der Waals surface area (Å²) in [7, 11) is -2.93. The molecule has 2 atom stereocenters. The lowest BCUT2D eigenvalue weighted by molar-refractivity contribution is -0.120. The van der Waals surface area contributed by atoms with Crippen molar-refractivity contribution < 1.29 is 29.7 Å². The number of nitrogens with two attached hydrogens (primary N) is 2. The van der Waals surface area contributed by atoms with E-state index in [1.165, 1.54) is 18.2 Å². The minimum absolute atomic E-state index is 0.0248. The van der Waals surface area contributed by atoms with Crippen molar-refractivity contribution in [1.29, 1.82) is 0 Å². The zero-order chi connectivity index (χ0) is 16.9. The Morgan fingerprint density at radius 2 is 1.86 bits per heavy atom. The highest BCUT2D eigenvalue weighted by molar-refractivity contribution is 6.89. The van der Waals surface area contributed by atoms with Gasteiger partial charge in [0.05, 0.1) is 6.04 Å². The van der Waals surface area contributed by atoms with Crippen molar-refractivity contribution in [3.63, 3.8) is 0 Å². The molecule has 1 aromatic rings. The Labute approximate surface area is 127 Å². The maximum atomic E-state index is 11.9. The molecule has 0 unspecified atom stereocenters. The van der Waals surface area contributed by atoms with Crippen molar-refractivity contribution in [3.05, 3.63) is 23.8 Å². The molecular formula is C12H17N3O6Si. The molecule has 0 fully saturated rings. The number of nitrogens with one attached hydrogen (secondary N) is 1. The Kier molecular flexibility index (Phi) is 5.89. The minimum Gasteiger partial charge on any atom is -0.504 e. The Hall–Kier alpha value is -2.59. The molecule has 10 heteroatoms. The van der Waals surface area contributed by atoms with Crippen LogP contribution in [0.25, 0.3) is 0 Å². The second-order valence-electron chi connectivity index (χ2n) is 4.70. The fraction of sp³-hybridized carbons (Fsp3) is 0.250. The maximum Gasteiger partial charge on any atom is 0.290 e. The zero-order valence-electron chi connectivity index (χ0n) is 11.5. The van der Waals surface area contributed by atoms with Crippen molar-refractivity contribution in [1.82, 2.24) is 4.98 Å². The van der Waals surface area contributed by atoms with Crippen molar-refractivity contribution in [2.75, 3.05) is 0 Å². The number of aromatic hydroxyl groups is 2. The summed E-state index contributed by atoms with van der Waals surface area (Å²) in [6, 6.07) is 2.49. The summed E-state index contributed by atoms with van der Waals surface area (Å²) in [5.41, 5.74) is 9.83. The number of hydrogen-bond acceptors (Lipinski definition) is 6. The first-order valence-electron chi connectivity index (χ1n) is 6.28. The Balaban J connectivity index is 2.69. The first-order chi connectivity index (χ1) is 10.2. The third-order valence-corrected chi connectivity index (χ3v) is 4.89. The van der Waals surface area contributed by atoms with E-state index in [4.69, 9.17) is 16.6 Å². The fourth-order valence-electron chi connectivity index (χ4n) is 1.72. The van der Waals surface area contributed by atoms with Crippen LogP contribution in [0.4, 0.5) is 4.79 Å². The minimum atomic E-state index is -2.93. The summed E-state index contributed by atoms with van der Waals surface area (Å²) < 4.78 is 0. The van der Waals surface area contributed by atoms with Crippen LogP contribution in [0.3, 0.4) is 0 Å². The molecule has 0 heterocycles. The van der Waals surface area contributed by atoms with Gasteiger partial charge in [-0.3, -0.25) is 14.4 Å². The van der Waals surface area contributed by atoms with E-state index in [1.54, 1.807) is 0 Å². The number of phenols is 2. The van der Waals surface area contributed by atoms with Gasteiger partial charge in [-0.2, -0.15) is 0 Å². The lowest BCUT2D eigenvalue weighted by Gasteiger charge is -2.16. The number of primary amides is 1. The van der Waals surface area contributed by atoms with E-state index >= 15 is 0 Å². The average molecular weight is 327 g/mol. The van der Waals surface area contributed by atoms with Gasteiger partial charge in [0.2, 0.25) is 11.8 Å². The number of carbonyl (C=O) groups is 3. The van der Waals surface area contributed by atoms with Gasteiger partial charge in [0.1, 0.15) is 0 Å². The third kappa shape index (κ3) is 5.07. The van der Waals surface area contributed by atoms with Gasteiger partial charge in [0.15, 0.2) is 11.5 Å². The van der Waals surface area contributed by atoms with Gasteiger partial charge in [-0.05, 0) is 24.1 Å². The number of carboxylic acid groups (broad SMARTS) is 1. The highest BCUT2D eigenvalue weighted by atomic mass is 28.3. The lowest BCUT2D eigenvalue weighted by atomic mass is 10.1. The van der Waals surface area contributed by atoms with Gasteiger partial charge in [0.25, 0.3) is 14.6 Å². The Morgan fingerprint density at radius 3 is 2.36 bits per heavy atom. The van der Waals surface area contributed by atoms with Crippen molar-refractivity contribution >= 4 is 26.4 Å². The van der Waals surface area contributed by atoms with Crippen LogP contribution < -0.4 is 16.4 Å². The van der Waals surface area contributed by atoms with Crippen LogP contribution in [0.5, 0.6) is 11.5 Å². The number of carbonyl (C=O) groups excluding carboxylic acids is 2. The number of rotatable bonds is 7. The first-order valence-corrected chi connectivity index (χ1v) is 8.25. The zero-order valence-corrected chi connectivity index (χ0v) is 12.7. The van der Waals surface area contributed by atoms with Gasteiger partial charge in [-0.15, -0.1) is 0 Å². The predicted molar refractivity (Wildman–Crippen MR) is 78.8 cm³/mol. The third-order valence-electron chi connectivity index (χ3n) is 2.85. The van der Waals surface area contributed by atoms with E-state index in [0.29, 0.717) is 5.56 Å². The highest BCUT2D eigenvalue weighted by Crippen LogP contribution is 2.25. The molecule has 22 heavy (non-hydrogen) atoms. The lowest BCUT2D eigenvalue weighted by Crippen LogP contribution is -2.53. The van der Waals surface area contributed by atoms with Crippen LogP contribution >= 0.6 is 0 Å². The summed E-state index contributed by atoms with van der Waals surface area (Å²) in [4.78, 5) is 35.9. The molecule has 0 aliphatic carbocycles. The van der Waals surface area contributed by atoms with Crippen molar-refractivity contribution in [3.8, 4) is 11.5 Å². The summed E-state index contributed by atoms with van der Waals surface area (Å²) in [6.45, 7) is 0. The molecule has 0 saturated heterocycles. The van der Waals surface area contributed by atoms with E-state index in [0.717, 1.165) is 0 Å². The van der Waals surface area contributed by atoms with Gasteiger partial charge < -0.3 is 31.8 Å². The normalized spacial score (nSPS) is 13.1. The molecule has 120 valence electrons. The average Bonchev–Trinajstić information content (AvgIpc) is 2.41. The SMILES string of the molecule is NC(=O)C[Si@H](NC(=O)[C@@H](N)Cc1ccc(O)c(O)c1)C(=O)O. The highest BCUT2D eigenvalue weighted by Gasteiger charge is 2.27. The number of amides is 2. The number of hydrogen-bond donors (Lipinski definition) is 6. The van der Waals surface area contributed by atoms with E-state index in [2.05, 4.69) is 4.98 Å². The molecule has 2 amide bonds. The summed E-state index contributed by atoms with van der Waals surface area (Å²) in [6.07, 6.45) is 0.0248. The molecule has 0 aliphatic rings. The molecule has 8 N–H and O–H groups in total. The topological polar surface area (TPSA) is 176 Å². The van der Waals surface area contributed by atoms with Crippen molar-refractivity contribution in [2.24, 2.45) is 11.5 Å². The second kappa shape index (κ2) is 7.43. The van der Waals surface area contributed by atoms with E-state index in [9.17, 15) is 24.6 Å². The maximum absolute atomic E-state index is 11.9. The van der Waals surface area contributed by atoms with Crippen LogP contribution in [0, 0.1) is 0 Å². The van der Waals surface area contributed by atoms with Gasteiger partial charge >= 0.3 is 0 Å². The monoisotopic (exact) mass is 327 g/mol.